The Morgan fingerprint density at radius 1 is 1.17 bits per heavy atom. The predicted octanol–water partition coefficient (Wildman–Crippen LogP) is 3.44. The first-order valence-corrected chi connectivity index (χ1v) is 4.64. The number of rotatable bonds is 0. The summed E-state index contributed by atoms with van der Waals surface area (Å²) in [5, 5.41) is 0. The molecule has 0 amide bonds. The number of halogens is 1. The van der Waals surface area contributed by atoms with Gasteiger partial charge in [0.05, 0.1) is 0 Å². The summed E-state index contributed by atoms with van der Waals surface area (Å²) in [5.41, 5.74) is 3.66. The summed E-state index contributed by atoms with van der Waals surface area (Å²) in [6.45, 7) is 6.05. The lowest BCUT2D eigenvalue weighted by molar-refractivity contribution is 1.30. The Hall–Kier alpha value is -0.740. The van der Waals surface area contributed by atoms with Gasteiger partial charge in [-0.1, -0.05) is 21.9 Å². The molecule has 0 unspecified atom stereocenters. The van der Waals surface area contributed by atoms with Gasteiger partial charge < -0.3 is 0 Å². The van der Waals surface area contributed by atoms with Gasteiger partial charge in [0.15, 0.2) is 0 Å². The quantitative estimate of drug-likeness (QED) is 0.591. The molecule has 0 N–H and O–H groups in total. The summed E-state index contributed by atoms with van der Waals surface area (Å²) in [7, 11) is 0. The van der Waals surface area contributed by atoms with E-state index in [2.05, 4.69) is 41.6 Å². The topological polar surface area (TPSA) is 0 Å². The van der Waals surface area contributed by atoms with Gasteiger partial charge in [0, 0.05) is 10.0 Å². The Morgan fingerprint density at radius 2 is 1.83 bits per heavy atom. The fourth-order valence-electron chi connectivity index (χ4n) is 1.06. The van der Waals surface area contributed by atoms with Crippen molar-refractivity contribution >= 4 is 15.9 Å². The van der Waals surface area contributed by atoms with Gasteiger partial charge in [0.2, 0.25) is 0 Å². The van der Waals surface area contributed by atoms with Crippen molar-refractivity contribution in [3.05, 3.63) is 33.3 Å². The largest absolute Gasteiger partial charge is 0.101 e. The first-order valence-electron chi connectivity index (χ1n) is 3.85. The Bertz CT molecular complexity index is 353. The maximum absolute atomic E-state index is 3.48. The van der Waals surface area contributed by atoms with Crippen LogP contribution >= 0.6 is 15.9 Å². The van der Waals surface area contributed by atoms with Crippen LogP contribution in [0.5, 0.6) is 0 Å². The van der Waals surface area contributed by atoms with Crippen LogP contribution in [0.1, 0.15) is 23.6 Å². The highest BCUT2D eigenvalue weighted by molar-refractivity contribution is 9.10. The maximum Gasteiger partial charge on any atom is 0.0277 e. The standard InChI is InChI=1S/C11H11Br/c1-4-5-10-6-7-11(12)9(3)8(10)2/h6-7H,1-3H3. The molecule has 12 heavy (non-hydrogen) atoms. The van der Waals surface area contributed by atoms with Gasteiger partial charge in [0.25, 0.3) is 0 Å². The van der Waals surface area contributed by atoms with Crippen molar-refractivity contribution in [3.8, 4) is 11.8 Å². The lowest BCUT2D eigenvalue weighted by Crippen LogP contribution is -1.87. The smallest absolute Gasteiger partial charge is 0.0277 e. The monoisotopic (exact) mass is 222 g/mol. The minimum Gasteiger partial charge on any atom is -0.101 e. The van der Waals surface area contributed by atoms with Crippen molar-refractivity contribution in [3.63, 3.8) is 0 Å². The molecular formula is C11H11Br. The molecule has 0 saturated heterocycles. The van der Waals surface area contributed by atoms with E-state index in [9.17, 15) is 0 Å². The first kappa shape index (κ1) is 9.35. The van der Waals surface area contributed by atoms with Crippen molar-refractivity contribution in [1.29, 1.82) is 0 Å². The second kappa shape index (κ2) is 3.78. The van der Waals surface area contributed by atoms with Gasteiger partial charge in [-0.2, -0.15) is 0 Å². The van der Waals surface area contributed by atoms with Crippen molar-refractivity contribution in [1.82, 2.24) is 0 Å². The van der Waals surface area contributed by atoms with Crippen LogP contribution in [0, 0.1) is 25.7 Å². The van der Waals surface area contributed by atoms with Crippen LogP contribution in [0.25, 0.3) is 0 Å². The molecule has 0 aliphatic carbocycles. The third kappa shape index (κ3) is 1.70. The normalized spacial score (nSPS) is 9.00. The molecule has 0 fully saturated rings. The average Bonchev–Trinajstić information content (AvgIpc) is 2.07. The SMILES string of the molecule is CC#Cc1ccc(Br)c(C)c1C. The van der Waals surface area contributed by atoms with E-state index in [-0.39, 0.29) is 0 Å². The van der Waals surface area contributed by atoms with Gasteiger partial charge in [-0.15, -0.1) is 5.92 Å². The lowest BCUT2D eigenvalue weighted by Gasteiger charge is -2.04. The van der Waals surface area contributed by atoms with E-state index in [1.165, 1.54) is 11.1 Å². The minimum atomic E-state index is 1.12. The second-order valence-electron chi connectivity index (χ2n) is 2.72. The van der Waals surface area contributed by atoms with Crippen LogP contribution in [-0.4, -0.2) is 0 Å². The minimum absolute atomic E-state index is 1.12. The molecule has 0 radical (unpaired) electrons. The number of hydrogen-bond donors (Lipinski definition) is 0. The van der Waals surface area contributed by atoms with Gasteiger partial charge in [0.1, 0.15) is 0 Å². The van der Waals surface area contributed by atoms with E-state index in [0.29, 0.717) is 0 Å². The summed E-state index contributed by atoms with van der Waals surface area (Å²) in [6, 6.07) is 4.09. The van der Waals surface area contributed by atoms with E-state index in [4.69, 9.17) is 0 Å². The van der Waals surface area contributed by atoms with Crippen LogP contribution in [-0.2, 0) is 0 Å². The molecule has 62 valence electrons. The highest BCUT2D eigenvalue weighted by Gasteiger charge is 2.01. The summed E-state index contributed by atoms with van der Waals surface area (Å²) in [6.07, 6.45) is 0. The molecule has 1 aromatic carbocycles. The Morgan fingerprint density at radius 3 is 2.42 bits per heavy atom. The van der Waals surface area contributed by atoms with E-state index < -0.39 is 0 Å². The highest BCUT2D eigenvalue weighted by atomic mass is 79.9. The summed E-state index contributed by atoms with van der Waals surface area (Å²) in [5.74, 6) is 5.98. The molecule has 0 aromatic heterocycles. The van der Waals surface area contributed by atoms with E-state index in [1.54, 1.807) is 0 Å². The average molecular weight is 223 g/mol. The zero-order chi connectivity index (χ0) is 9.14. The second-order valence-corrected chi connectivity index (χ2v) is 3.57. The molecule has 0 atom stereocenters. The third-order valence-electron chi connectivity index (χ3n) is 1.98. The van der Waals surface area contributed by atoms with Crippen LogP contribution in [0.3, 0.4) is 0 Å². The van der Waals surface area contributed by atoms with Crippen LogP contribution < -0.4 is 0 Å². The summed E-state index contributed by atoms with van der Waals surface area (Å²) < 4.78 is 1.15. The summed E-state index contributed by atoms with van der Waals surface area (Å²) >= 11 is 3.48. The van der Waals surface area contributed by atoms with Crippen molar-refractivity contribution in [2.75, 3.05) is 0 Å². The molecule has 0 nitrogen and oxygen atoms in total. The van der Waals surface area contributed by atoms with Gasteiger partial charge in [-0.05, 0) is 44.0 Å². The number of hydrogen-bond acceptors (Lipinski definition) is 0. The third-order valence-corrected chi connectivity index (χ3v) is 2.84. The highest BCUT2D eigenvalue weighted by Crippen LogP contribution is 2.21. The Labute approximate surface area is 82.1 Å². The van der Waals surface area contributed by atoms with Crippen molar-refractivity contribution in [2.45, 2.75) is 20.8 Å². The van der Waals surface area contributed by atoms with Crippen LogP contribution in [0.4, 0.5) is 0 Å². The van der Waals surface area contributed by atoms with E-state index >= 15 is 0 Å². The molecular weight excluding hydrogens is 212 g/mol. The lowest BCUT2D eigenvalue weighted by atomic mass is 10.0. The Balaban J connectivity index is 3.33. The molecule has 1 aromatic rings. The molecule has 1 rings (SSSR count). The molecule has 0 aliphatic rings. The van der Waals surface area contributed by atoms with Crippen molar-refractivity contribution in [2.24, 2.45) is 0 Å². The van der Waals surface area contributed by atoms with E-state index in [1.807, 2.05) is 19.1 Å². The molecule has 0 bridgehead atoms. The van der Waals surface area contributed by atoms with Gasteiger partial charge in [-0.3, -0.25) is 0 Å². The molecule has 0 aliphatic heterocycles. The summed E-state index contributed by atoms with van der Waals surface area (Å²) in [4.78, 5) is 0. The molecule has 0 spiro atoms. The first-order chi connectivity index (χ1) is 5.66. The van der Waals surface area contributed by atoms with E-state index in [0.717, 1.165) is 10.0 Å². The number of benzene rings is 1. The zero-order valence-corrected chi connectivity index (χ0v) is 9.12. The fourth-order valence-corrected chi connectivity index (χ4v) is 1.49. The predicted molar refractivity (Wildman–Crippen MR) is 56.2 cm³/mol. The van der Waals surface area contributed by atoms with Crippen LogP contribution in [0.2, 0.25) is 0 Å². The molecule has 0 saturated carbocycles. The maximum atomic E-state index is 3.48. The molecule has 1 heteroatoms. The van der Waals surface area contributed by atoms with Crippen LogP contribution in [0.15, 0.2) is 16.6 Å². The van der Waals surface area contributed by atoms with Gasteiger partial charge in [-0.25, -0.2) is 0 Å². The Kier molecular flexibility index (Phi) is 2.94. The van der Waals surface area contributed by atoms with Crippen molar-refractivity contribution < 1.29 is 0 Å². The fraction of sp³-hybridized carbons (Fsp3) is 0.273. The van der Waals surface area contributed by atoms with Gasteiger partial charge >= 0.3 is 0 Å². The molecule has 0 heterocycles. The zero-order valence-electron chi connectivity index (χ0n) is 7.53.